The lowest BCUT2D eigenvalue weighted by molar-refractivity contribution is 0.543. The topological polar surface area (TPSA) is 60.9 Å². The highest BCUT2D eigenvalue weighted by atomic mass is 16.1. The second-order valence-corrected chi connectivity index (χ2v) is 3.23. The Morgan fingerprint density at radius 1 is 1.69 bits per heavy atom. The smallest absolute Gasteiger partial charge is 0.253 e. The minimum Gasteiger partial charge on any atom is -0.328 e. The second kappa shape index (κ2) is 4.77. The van der Waals surface area contributed by atoms with Crippen LogP contribution in [0.5, 0.6) is 0 Å². The number of hydrogen-bond acceptors (Lipinski definition) is 3. The van der Waals surface area contributed by atoms with E-state index in [-0.39, 0.29) is 11.6 Å². The largest absolute Gasteiger partial charge is 0.328 e. The van der Waals surface area contributed by atoms with Crippen molar-refractivity contribution in [1.82, 2.24) is 9.55 Å². The molecule has 1 atom stereocenters. The third-order valence-corrected chi connectivity index (χ3v) is 1.85. The molecule has 4 heteroatoms. The van der Waals surface area contributed by atoms with Crippen molar-refractivity contribution in [3.8, 4) is 0 Å². The van der Waals surface area contributed by atoms with Crippen molar-refractivity contribution in [2.75, 3.05) is 0 Å². The molecule has 0 saturated heterocycles. The summed E-state index contributed by atoms with van der Waals surface area (Å²) in [6.07, 6.45) is 4.92. The highest BCUT2D eigenvalue weighted by Crippen LogP contribution is 1.94. The standard InChI is InChI=1S/C9H15N3O/c1-8(10)3-2-6-12-7-11-5-4-9(12)13/h4-5,7-8H,2-3,6,10H2,1H3. The van der Waals surface area contributed by atoms with Gasteiger partial charge in [-0.2, -0.15) is 0 Å². The van der Waals surface area contributed by atoms with Crippen LogP contribution in [0.15, 0.2) is 23.4 Å². The van der Waals surface area contributed by atoms with Crippen molar-refractivity contribution in [3.05, 3.63) is 28.9 Å². The number of nitrogens with zero attached hydrogens (tertiary/aromatic N) is 2. The Hall–Kier alpha value is -1.16. The predicted octanol–water partition coefficient (Wildman–Crippen LogP) is 0.371. The van der Waals surface area contributed by atoms with Gasteiger partial charge in [0.25, 0.3) is 5.56 Å². The third-order valence-electron chi connectivity index (χ3n) is 1.85. The zero-order valence-corrected chi connectivity index (χ0v) is 7.81. The fourth-order valence-corrected chi connectivity index (χ4v) is 1.13. The molecule has 13 heavy (non-hydrogen) atoms. The number of aromatic nitrogens is 2. The third kappa shape index (κ3) is 3.38. The molecule has 0 aliphatic carbocycles. The molecule has 4 nitrogen and oxygen atoms in total. The zero-order chi connectivity index (χ0) is 9.68. The van der Waals surface area contributed by atoms with Gasteiger partial charge in [-0.1, -0.05) is 0 Å². The molecule has 0 radical (unpaired) electrons. The fraction of sp³-hybridized carbons (Fsp3) is 0.556. The van der Waals surface area contributed by atoms with E-state index in [0.717, 1.165) is 12.8 Å². The van der Waals surface area contributed by atoms with Gasteiger partial charge in [-0.05, 0) is 19.8 Å². The lowest BCUT2D eigenvalue weighted by Gasteiger charge is -2.05. The summed E-state index contributed by atoms with van der Waals surface area (Å²) in [6.45, 7) is 2.67. The van der Waals surface area contributed by atoms with Crippen LogP contribution < -0.4 is 11.3 Å². The van der Waals surface area contributed by atoms with Crippen LogP contribution in [0.2, 0.25) is 0 Å². The summed E-state index contributed by atoms with van der Waals surface area (Å²) in [5.74, 6) is 0. The van der Waals surface area contributed by atoms with E-state index in [1.807, 2.05) is 6.92 Å². The highest BCUT2D eigenvalue weighted by Gasteiger charge is 1.96. The van der Waals surface area contributed by atoms with Crippen molar-refractivity contribution >= 4 is 0 Å². The first-order valence-corrected chi connectivity index (χ1v) is 4.46. The van der Waals surface area contributed by atoms with Crippen LogP contribution in [0.25, 0.3) is 0 Å². The van der Waals surface area contributed by atoms with Gasteiger partial charge in [-0.3, -0.25) is 9.36 Å². The normalized spacial score (nSPS) is 12.8. The lowest BCUT2D eigenvalue weighted by Crippen LogP contribution is -2.21. The first-order valence-electron chi connectivity index (χ1n) is 4.46. The molecule has 0 bridgehead atoms. The van der Waals surface area contributed by atoms with E-state index in [9.17, 15) is 4.79 Å². The molecule has 0 saturated carbocycles. The molecule has 2 N–H and O–H groups in total. The Morgan fingerprint density at radius 3 is 3.08 bits per heavy atom. The van der Waals surface area contributed by atoms with Crippen molar-refractivity contribution in [3.63, 3.8) is 0 Å². The molecular formula is C9H15N3O. The van der Waals surface area contributed by atoms with Gasteiger partial charge in [0.1, 0.15) is 0 Å². The minimum absolute atomic E-state index is 0.000301. The monoisotopic (exact) mass is 181 g/mol. The molecule has 0 spiro atoms. The summed E-state index contributed by atoms with van der Waals surface area (Å²) in [6, 6.07) is 1.67. The van der Waals surface area contributed by atoms with Gasteiger partial charge in [-0.25, -0.2) is 4.98 Å². The molecule has 0 aliphatic rings. The van der Waals surface area contributed by atoms with Crippen LogP contribution in [0, 0.1) is 0 Å². The molecule has 1 unspecified atom stereocenters. The number of aryl methyl sites for hydroxylation is 1. The average Bonchev–Trinajstić information content (AvgIpc) is 2.08. The molecule has 0 aliphatic heterocycles. The van der Waals surface area contributed by atoms with Gasteiger partial charge in [0.2, 0.25) is 0 Å². The Kier molecular flexibility index (Phi) is 3.64. The average molecular weight is 181 g/mol. The quantitative estimate of drug-likeness (QED) is 0.730. The van der Waals surface area contributed by atoms with Crippen LogP contribution in [0.1, 0.15) is 19.8 Å². The van der Waals surface area contributed by atoms with Crippen molar-refractivity contribution < 1.29 is 0 Å². The van der Waals surface area contributed by atoms with E-state index >= 15 is 0 Å². The molecule has 1 aromatic rings. The molecule has 1 aromatic heterocycles. The van der Waals surface area contributed by atoms with Crippen molar-refractivity contribution in [2.45, 2.75) is 32.4 Å². The van der Waals surface area contributed by atoms with Crippen LogP contribution in [-0.4, -0.2) is 15.6 Å². The molecular weight excluding hydrogens is 166 g/mol. The van der Waals surface area contributed by atoms with E-state index in [0.29, 0.717) is 6.54 Å². The molecule has 1 heterocycles. The molecule has 0 amide bonds. The second-order valence-electron chi connectivity index (χ2n) is 3.23. The van der Waals surface area contributed by atoms with Crippen LogP contribution in [0.4, 0.5) is 0 Å². The van der Waals surface area contributed by atoms with E-state index in [2.05, 4.69) is 4.98 Å². The SMILES string of the molecule is CC(N)CCCn1cnccc1=O. The Balaban J connectivity index is 2.46. The number of rotatable bonds is 4. The number of hydrogen-bond donors (Lipinski definition) is 1. The Bertz CT molecular complexity index is 306. The van der Waals surface area contributed by atoms with Crippen molar-refractivity contribution in [2.24, 2.45) is 5.73 Å². The van der Waals surface area contributed by atoms with Gasteiger partial charge in [-0.15, -0.1) is 0 Å². The van der Waals surface area contributed by atoms with E-state index in [1.165, 1.54) is 12.3 Å². The van der Waals surface area contributed by atoms with Crippen LogP contribution in [0.3, 0.4) is 0 Å². The zero-order valence-electron chi connectivity index (χ0n) is 7.81. The first-order chi connectivity index (χ1) is 6.20. The summed E-state index contributed by atoms with van der Waals surface area (Å²) in [5, 5.41) is 0. The maximum atomic E-state index is 11.2. The molecule has 0 fully saturated rings. The van der Waals surface area contributed by atoms with Crippen LogP contribution in [-0.2, 0) is 6.54 Å². The number of nitrogens with two attached hydrogens (primary N) is 1. The summed E-state index contributed by atoms with van der Waals surface area (Å²) in [4.78, 5) is 15.1. The minimum atomic E-state index is -0.000301. The summed E-state index contributed by atoms with van der Waals surface area (Å²) in [5.41, 5.74) is 5.59. The Morgan fingerprint density at radius 2 is 2.46 bits per heavy atom. The van der Waals surface area contributed by atoms with E-state index in [1.54, 1.807) is 10.9 Å². The molecule has 0 aromatic carbocycles. The van der Waals surface area contributed by atoms with Gasteiger partial charge in [0.05, 0.1) is 6.33 Å². The van der Waals surface area contributed by atoms with Gasteiger partial charge in [0, 0.05) is 24.8 Å². The van der Waals surface area contributed by atoms with Crippen LogP contribution >= 0.6 is 0 Å². The maximum absolute atomic E-state index is 11.2. The van der Waals surface area contributed by atoms with E-state index < -0.39 is 0 Å². The van der Waals surface area contributed by atoms with E-state index in [4.69, 9.17) is 5.73 Å². The maximum Gasteiger partial charge on any atom is 0.253 e. The Labute approximate surface area is 77.4 Å². The summed E-state index contributed by atoms with van der Waals surface area (Å²) >= 11 is 0. The highest BCUT2D eigenvalue weighted by molar-refractivity contribution is 4.81. The molecule has 1 rings (SSSR count). The summed E-state index contributed by atoms with van der Waals surface area (Å²) < 4.78 is 1.60. The lowest BCUT2D eigenvalue weighted by atomic mass is 10.2. The predicted molar refractivity (Wildman–Crippen MR) is 51.4 cm³/mol. The summed E-state index contributed by atoms with van der Waals surface area (Å²) in [7, 11) is 0. The van der Waals surface area contributed by atoms with Gasteiger partial charge in [0.15, 0.2) is 0 Å². The molecule has 72 valence electrons. The van der Waals surface area contributed by atoms with Crippen molar-refractivity contribution in [1.29, 1.82) is 0 Å². The van der Waals surface area contributed by atoms with Gasteiger partial charge >= 0.3 is 0 Å². The first kappa shape index (κ1) is 9.92. The fourth-order valence-electron chi connectivity index (χ4n) is 1.13. The van der Waals surface area contributed by atoms with Gasteiger partial charge < -0.3 is 5.73 Å².